The summed E-state index contributed by atoms with van der Waals surface area (Å²) < 4.78 is 22.0. The van der Waals surface area contributed by atoms with Gasteiger partial charge in [-0.1, -0.05) is 30.3 Å². The molecule has 0 bridgehead atoms. The first kappa shape index (κ1) is 22.9. The van der Waals surface area contributed by atoms with Crippen molar-refractivity contribution >= 4 is 5.97 Å². The van der Waals surface area contributed by atoms with Crippen LogP contribution in [0.2, 0.25) is 0 Å². The Balaban J connectivity index is 2.22. The largest absolute Gasteiger partial charge is 0.493 e. The molecule has 3 rings (SSSR count). The van der Waals surface area contributed by atoms with E-state index in [0.29, 0.717) is 22.8 Å². The summed E-state index contributed by atoms with van der Waals surface area (Å²) >= 11 is 0. The number of nitrogens with zero attached hydrogens (tertiary/aromatic N) is 1. The zero-order chi connectivity index (χ0) is 22.6. The molecule has 2 atom stereocenters. The number of carboxylic acid groups (broad SMARTS) is 1. The Kier molecular flexibility index (Phi) is 7.04. The SMILES string of the molecule is COC[C@@H](c1ccccc1)N1Cc2cc(OC)c(OC)c(OC)c2C[C@@]1(CO)C(=O)O. The molecule has 1 aliphatic rings. The minimum atomic E-state index is -1.57. The highest BCUT2D eigenvalue weighted by atomic mass is 16.5. The summed E-state index contributed by atoms with van der Waals surface area (Å²) in [6.07, 6.45) is 0.0325. The number of hydrogen-bond donors (Lipinski definition) is 2. The molecule has 0 saturated carbocycles. The van der Waals surface area contributed by atoms with E-state index in [1.54, 1.807) is 12.0 Å². The van der Waals surface area contributed by atoms with Crippen LogP contribution in [0.15, 0.2) is 36.4 Å². The standard InChI is InChI=1S/C23H29NO7/c1-28-13-18(15-8-6-5-7-9-15)24-12-16-10-19(29-2)21(31-4)20(30-3)17(16)11-23(24,14-25)22(26)27/h5-10,18,25H,11-14H2,1-4H3,(H,26,27)/t18-,23+/m0/s1. The van der Waals surface area contributed by atoms with E-state index in [2.05, 4.69) is 0 Å². The van der Waals surface area contributed by atoms with Crippen molar-refractivity contribution in [1.29, 1.82) is 0 Å². The molecule has 168 valence electrons. The molecule has 2 aromatic rings. The number of carbonyl (C=O) groups is 1. The number of hydrogen-bond acceptors (Lipinski definition) is 7. The van der Waals surface area contributed by atoms with Crippen molar-refractivity contribution in [3.8, 4) is 17.2 Å². The summed E-state index contributed by atoms with van der Waals surface area (Å²) in [4.78, 5) is 14.4. The summed E-state index contributed by atoms with van der Waals surface area (Å²) in [6.45, 7) is -0.0625. The summed E-state index contributed by atoms with van der Waals surface area (Å²) in [5.41, 5.74) is 0.854. The highest BCUT2D eigenvalue weighted by molar-refractivity contribution is 5.81. The number of aliphatic hydroxyl groups excluding tert-OH is 1. The lowest BCUT2D eigenvalue weighted by Gasteiger charge is -2.48. The van der Waals surface area contributed by atoms with Crippen molar-refractivity contribution in [2.45, 2.75) is 24.5 Å². The summed E-state index contributed by atoms with van der Waals surface area (Å²) in [5.74, 6) is 0.187. The molecule has 0 spiro atoms. The number of aliphatic carboxylic acids is 1. The van der Waals surface area contributed by atoms with E-state index < -0.39 is 18.1 Å². The molecule has 0 fully saturated rings. The van der Waals surface area contributed by atoms with Crippen LogP contribution in [0.1, 0.15) is 22.7 Å². The Hall–Kier alpha value is -2.81. The maximum absolute atomic E-state index is 12.6. The number of methoxy groups -OCH3 is 4. The zero-order valence-electron chi connectivity index (χ0n) is 18.3. The fraction of sp³-hybridized carbons (Fsp3) is 0.435. The second-order valence-corrected chi connectivity index (χ2v) is 7.46. The number of aliphatic hydroxyl groups is 1. The van der Waals surface area contributed by atoms with Gasteiger partial charge in [0.2, 0.25) is 5.75 Å². The van der Waals surface area contributed by atoms with Crippen molar-refractivity contribution < 1.29 is 34.0 Å². The van der Waals surface area contributed by atoms with Crippen molar-refractivity contribution in [1.82, 2.24) is 4.90 Å². The van der Waals surface area contributed by atoms with Gasteiger partial charge in [-0.15, -0.1) is 0 Å². The van der Waals surface area contributed by atoms with Crippen LogP contribution in [0.5, 0.6) is 17.2 Å². The lowest BCUT2D eigenvalue weighted by atomic mass is 9.80. The van der Waals surface area contributed by atoms with Gasteiger partial charge < -0.3 is 29.2 Å². The number of rotatable bonds is 9. The molecule has 2 aromatic carbocycles. The molecule has 0 aliphatic carbocycles. The predicted molar refractivity (Wildman–Crippen MR) is 114 cm³/mol. The topological polar surface area (TPSA) is 97.7 Å². The first-order chi connectivity index (χ1) is 15.0. The van der Waals surface area contributed by atoms with Crippen LogP contribution in [0.4, 0.5) is 0 Å². The second kappa shape index (κ2) is 9.55. The molecule has 8 nitrogen and oxygen atoms in total. The zero-order valence-corrected chi connectivity index (χ0v) is 18.3. The molecule has 1 aliphatic heterocycles. The molecule has 31 heavy (non-hydrogen) atoms. The molecule has 0 unspecified atom stereocenters. The predicted octanol–water partition coefficient (Wildman–Crippen LogP) is 2.27. The molecule has 0 saturated heterocycles. The Bertz CT molecular complexity index is 918. The van der Waals surface area contributed by atoms with Gasteiger partial charge in [-0.2, -0.15) is 0 Å². The van der Waals surface area contributed by atoms with Gasteiger partial charge in [-0.05, 0) is 17.2 Å². The molecule has 8 heteroatoms. The van der Waals surface area contributed by atoms with Crippen LogP contribution < -0.4 is 14.2 Å². The molecular formula is C23H29NO7. The fourth-order valence-electron chi connectivity index (χ4n) is 4.35. The number of benzene rings is 2. The van der Waals surface area contributed by atoms with Gasteiger partial charge in [-0.3, -0.25) is 9.69 Å². The van der Waals surface area contributed by atoms with Crippen molar-refractivity contribution in [2.75, 3.05) is 41.7 Å². The van der Waals surface area contributed by atoms with Crippen LogP contribution in [0, 0.1) is 0 Å². The molecule has 0 aromatic heterocycles. The maximum atomic E-state index is 12.6. The van der Waals surface area contributed by atoms with Gasteiger partial charge in [0.1, 0.15) is 5.54 Å². The van der Waals surface area contributed by atoms with Gasteiger partial charge in [0.15, 0.2) is 11.5 Å². The number of carboxylic acids is 1. The third-order valence-electron chi connectivity index (χ3n) is 5.93. The number of ether oxygens (including phenoxy) is 4. The summed E-state index contributed by atoms with van der Waals surface area (Å²) in [5, 5.41) is 20.7. The minimum Gasteiger partial charge on any atom is -0.493 e. The van der Waals surface area contributed by atoms with Gasteiger partial charge in [-0.25, -0.2) is 0 Å². The van der Waals surface area contributed by atoms with Gasteiger partial charge >= 0.3 is 5.97 Å². The highest BCUT2D eigenvalue weighted by Gasteiger charge is 2.51. The molecule has 2 N–H and O–H groups in total. The van der Waals surface area contributed by atoms with Crippen LogP contribution in [-0.2, 0) is 22.5 Å². The maximum Gasteiger partial charge on any atom is 0.326 e. The van der Waals surface area contributed by atoms with E-state index in [1.807, 2.05) is 36.4 Å². The van der Waals surface area contributed by atoms with Crippen LogP contribution in [0.3, 0.4) is 0 Å². The third-order valence-corrected chi connectivity index (χ3v) is 5.93. The van der Waals surface area contributed by atoms with Gasteiger partial charge in [0.05, 0.1) is 40.6 Å². The normalized spacial score (nSPS) is 19.4. The van der Waals surface area contributed by atoms with E-state index in [9.17, 15) is 15.0 Å². The monoisotopic (exact) mass is 431 g/mol. The van der Waals surface area contributed by atoms with Crippen LogP contribution in [0.25, 0.3) is 0 Å². The van der Waals surface area contributed by atoms with Crippen LogP contribution >= 0.6 is 0 Å². The average Bonchev–Trinajstić information content (AvgIpc) is 2.80. The van der Waals surface area contributed by atoms with E-state index in [1.165, 1.54) is 21.3 Å². The second-order valence-electron chi connectivity index (χ2n) is 7.46. The first-order valence-corrected chi connectivity index (χ1v) is 9.93. The highest BCUT2D eigenvalue weighted by Crippen LogP contribution is 2.48. The summed E-state index contributed by atoms with van der Waals surface area (Å²) in [6, 6.07) is 11.0. The van der Waals surface area contributed by atoms with E-state index >= 15 is 0 Å². The minimum absolute atomic E-state index is 0.0325. The van der Waals surface area contributed by atoms with Crippen LogP contribution in [-0.4, -0.2) is 68.3 Å². The van der Waals surface area contributed by atoms with Crippen molar-refractivity contribution in [2.24, 2.45) is 0 Å². The first-order valence-electron chi connectivity index (χ1n) is 9.93. The Morgan fingerprint density at radius 3 is 2.29 bits per heavy atom. The Morgan fingerprint density at radius 1 is 1.10 bits per heavy atom. The molecule has 1 heterocycles. The number of fused-ring (bicyclic) bond motifs is 1. The molecule has 0 amide bonds. The van der Waals surface area contributed by atoms with Crippen molar-refractivity contribution in [3.63, 3.8) is 0 Å². The third kappa shape index (κ3) is 3.94. The van der Waals surface area contributed by atoms with Gasteiger partial charge in [0, 0.05) is 25.6 Å². The quantitative estimate of drug-likeness (QED) is 0.624. The lowest BCUT2D eigenvalue weighted by Crippen LogP contribution is -2.62. The lowest BCUT2D eigenvalue weighted by molar-refractivity contribution is -0.160. The fourth-order valence-corrected chi connectivity index (χ4v) is 4.35. The van der Waals surface area contributed by atoms with E-state index in [4.69, 9.17) is 18.9 Å². The Morgan fingerprint density at radius 2 is 1.77 bits per heavy atom. The van der Waals surface area contributed by atoms with E-state index in [-0.39, 0.29) is 25.6 Å². The van der Waals surface area contributed by atoms with E-state index in [0.717, 1.165) is 11.1 Å². The summed E-state index contributed by atoms with van der Waals surface area (Å²) in [7, 11) is 6.12. The molecule has 0 radical (unpaired) electrons. The Labute approximate surface area is 181 Å². The van der Waals surface area contributed by atoms with Crippen molar-refractivity contribution in [3.05, 3.63) is 53.1 Å². The smallest absolute Gasteiger partial charge is 0.326 e. The molecular weight excluding hydrogens is 402 g/mol. The average molecular weight is 431 g/mol. The van der Waals surface area contributed by atoms with Gasteiger partial charge in [0.25, 0.3) is 0 Å².